The third-order valence-corrected chi connectivity index (χ3v) is 5.09. The highest BCUT2D eigenvalue weighted by Gasteiger charge is 2.30. The van der Waals surface area contributed by atoms with Gasteiger partial charge < -0.3 is 5.73 Å². The fourth-order valence-corrected chi connectivity index (χ4v) is 3.39. The van der Waals surface area contributed by atoms with Crippen molar-refractivity contribution >= 4 is 15.9 Å². The van der Waals surface area contributed by atoms with Gasteiger partial charge in [-0.3, -0.25) is 14.7 Å². The molecule has 22 heavy (non-hydrogen) atoms. The zero-order chi connectivity index (χ0) is 16.3. The largest absolute Gasteiger partial charge is 0.369 e. The molecule has 0 spiro atoms. The number of sulfonamides is 1. The minimum Gasteiger partial charge on any atom is -0.369 e. The van der Waals surface area contributed by atoms with Crippen molar-refractivity contribution in [1.82, 2.24) is 14.2 Å². The summed E-state index contributed by atoms with van der Waals surface area (Å²) in [5.41, 5.74) is 7.39. The molecule has 1 aromatic heterocycles. The lowest BCUT2D eigenvalue weighted by Gasteiger charge is -2.22. The number of carbonyl (C=O) groups excluding carboxylic acids is 1. The monoisotopic (exact) mass is 326 g/mol. The van der Waals surface area contributed by atoms with Crippen LogP contribution in [0.4, 0.5) is 0 Å². The Morgan fingerprint density at radius 2 is 2.09 bits per heavy atom. The second-order valence-electron chi connectivity index (χ2n) is 5.76. The molecule has 1 amide bonds. The summed E-state index contributed by atoms with van der Waals surface area (Å²) in [7, 11) is -3.33. The maximum absolute atomic E-state index is 11.8. The highest BCUT2D eigenvalue weighted by molar-refractivity contribution is 7.88. The molecule has 2 N–H and O–H groups in total. The molecule has 0 aromatic carbocycles. The molecule has 1 aliphatic rings. The average Bonchev–Trinajstić information content (AvgIpc) is 2.64. The third kappa shape index (κ3) is 4.49. The number of hydrogen-bond acceptors (Lipinski definition) is 5. The van der Waals surface area contributed by atoms with Crippen LogP contribution < -0.4 is 5.73 Å². The predicted molar refractivity (Wildman–Crippen MR) is 83.4 cm³/mol. The molecule has 1 aromatic rings. The van der Waals surface area contributed by atoms with E-state index in [1.165, 1.54) is 4.31 Å². The first-order chi connectivity index (χ1) is 10.3. The highest BCUT2D eigenvalue weighted by atomic mass is 32.2. The first kappa shape index (κ1) is 16.9. The topological polar surface area (TPSA) is 96.6 Å². The van der Waals surface area contributed by atoms with E-state index in [1.807, 2.05) is 24.0 Å². The summed E-state index contributed by atoms with van der Waals surface area (Å²) in [5.74, 6) is -0.974. The van der Waals surface area contributed by atoms with E-state index < -0.39 is 21.8 Å². The number of nitrogens with two attached hydrogens (primary N) is 1. The fraction of sp³-hybridized carbons (Fsp3) is 0.571. The third-order valence-electron chi connectivity index (χ3n) is 3.82. The highest BCUT2D eigenvalue weighted by Crippen LogP contribution is 2.15. The quantitative estimate of drug-likeness (QED) is 0.810. The van der Waals surface area contributed by atoms with Crippen molar-refractivity contribution in [3.63, 3.8) is 0 Å². The lowest BCUT2D eigenvalue weighted by atomic mass is 10.1. The molecule has 2 heterocycles. The minimum absolute atomic E-state index is 0.150. The van der Waals surface area contributed by atoms with E-state index in [0.717, 1.165) is 17.5 Å². The van der Waals surface area contributed by atoms with Gasteiger partial charge in [0, 0.05) is 44.6 Å². The lowest BCUT2D eigenvalue weighted by molar-refractivity contribution is -0.122. The molecular formula is C14H22N4O3S. The molecule has 1 fully saturated rings. The first-order valence-corrected chi connectivity index (χ1v) is 8.99. The number of carbonyl (C=O) groups is 1. The molecule has 0 aliphatic carbocycles. The maximum Gasteiger partial charge on any atom is 0.223 e. The molecular weight excluding hydrogens is 304 g/mol. The van der Waals surface area contributed by atoms with Gasteiger partial charge in [0.1, 0.15) is 0 Å². The average molecular weight is 326 g/mol. The summed E-state index contributed by atoms with van der Waals surface area (Å²) in [6.07, 6.45) is 2.96. The van der Waals surface area contributed by atoms with Crippen LogP contribution in [0.25, 0.3) is 0 Å². The van der Waals surface area contributed by atoms with Crippen LogP contribution in [0.3, 0.4) is 0 Å². The first-order valence-electron chi connectivity index (χ1n) is 7.14. The molecule has 0 saturated carbocycles. The summed E-state index contributed by atoms with van der Waals surface area (Å²) < 4.78 is 24.8. The van der Waals surface area contributed by atoms with E-state index in [2.05, 4.69) is 4.98 Å². The Morgan fingerprint density at radius 1 is 1.36 bits per heavy atom. The van der Waals surface area contributed by atoms with Gasteiger partial charge in [0.05, 0.1) is 12.2 Å². The van der Waals surface area contributed by atoms with Gasteiger partial charge in [-0.2, -0.15) is 0 Å². The summed E-state index contributed by atoms with van der Waals surface area (Å²) in [6, 6.07) is 3.92. The Bertz CT molecular complexity index is 630. The molecule has 7 nitrogen and oxygen atoms in total. The zero-order valence-corrected chi connectivity index (χ0v) is 13.7. The number of pyridine rings is 1. The molecule has 1 aliphatic heterocycles. The van der Waals surface area contributed by atoms with E-state index in [0.29, 0.717) is 26.2 Å². The van der Waals surface area contributed by atoms with Gasteiger partial charge in [-0.1, -0.05) is 6.07 Å². The predicted octanol–water partition coefficient (Wildman–Crippen LogP) is -0.431. The van der Waals surface area contributed by atoms with Crippen LogP contribution in [0.2, 0.25) is 0 Å². The Hall–Kier alpha value is -1.51. The Labute approximate surface area is 131 Å². The minimum atomic E-state index is -3.33. The van der Waals surface area contributed by atoms with Crippen molar-refractivity contribution in [2.75, 3.05) is 32.4 Å². The molecule has 1 saturated heterocycles. The fourth-order valence-electron chi connectivity index (χ4n) is 2.53. The Kier molecular flexibility index (Phi) is 5.15. The summed E-state index contributed by atoms with van der Waals surface area (Å²) in [4.78, 5) is 17.9. The van der Waals surface area contributed by atoms with Crippen molar-refractivity contribution in [3.05, 3.63) is 29.6 Å². The van der Waals surface area contributed by atoms with E-state index in [4.69, 9.17) is 5.73 Å². The van der Waals surface area contributed by atoms with Crippen LogP contribution >= 0.6 is 0 Å². The molecule has 0 unspecified atom stereocenters. The molecule has 122 valence electrons. The summed E-state index contributed by atoms with van der Waals surface area (Å²) in [6.45, 7) is 4.07. The number of aromatic nitrogens is 1. The number of hydrogen-bond donors (Lipinski definition) is 1. The van der Waals surface area contributed by atoms with E-state index in [9.17, 15) is 13.2 Å². The van der Waals surface area contributed by atoms with Crippen molar-refractivity contribution < 1.29 is 13.2 Å². The van der Waals surface area contributed by atoms with Crippen LogP contribution in [-0.2, 0) is 21.4 Å². The van der Waals surface area contributed by atoms with Crippen LogP contribution in [-0.4, -0.2) is 60.9 Å². The number of nitrogens with zero attached hydrogens (tertiary/aromatic N) is 3. The van der Waals surface area contributed by atoms with Gasteiger partial charge in [-0.15, -0.1) is 0 Å². The van der Waals surface area contributed by atoms with Gasteiger partial charge in [-0.05, 0) is 18.6 Å². The van der Waals surface area contributed by atoms with Gasteiger partial charge in [-0.25, -0.2) is 12.7 Å². The molecule has 0 radical (unpaired) electrons. The number of rotatable bonds is 4. The Morgan fingerprint density at radius 3 is 2.64 bits per heavy atom. The summed E-state index contributed by atoms with van der Waals surface area (Å²) in [5, 5.41) is 0. The van der Waals surface area contributed by atoms with Crippen LogP contribution in [0.5, 0.6) is 0 Å². The smallest absolute Gasteiger partial charge is 0.223 e. The molecule has 1 atom stereocenters. The van der Waals surface area contributed by atoms with Crippen LogP contribution in [0, 0.1) is 12.8 Å². The van der Waals surface area contributed by atoms with Gasteiger partial charge in [0.2, 0.25) is 15.9 Å². The van der Waals surface area contributed by atoms with Crippen LogP contribution in [0.1, 0.15) is 11.3 Å². The van der Waals surface area contributed by atoms with Gasteiger partial charge in [0.15, 0.2) is 0 Å². The van der Waals surface area contributed by atoms with Crippen molar-refractivity contribution in [2.24, 2.45) is 11.7 Å². The number of primary amides is 1. The lowest BCUT2D eigenvalue weighted by Crippen LogP contribution is -2.40. The molecule has 2 rings (SSSR count). The van der Waals surface area contributed by atoms with Crippen LogP contribution in [0.15, 0.2) is 18.3 Å². The van der Waals surface area contributed by atoms with Crippen molar-refractivity contribution in [3.8, 4) is 0 Å². The normalized spacial score (nSPS) is 21.5. The number of aryl methyl sites for hydroxylation is 1. The van der Waals surface area contributed by atoms with E-state index in [-0.39, 0.29) is 6.54 Å². The Balaban J connectivity index is 2.12. The maximum atomic E-state index is 11.8. The number of amides is 1. The van der Waals surface area contributed by atoms with Crippen molar-refractivity contribution in [1.29, 1.82) is 0 Å². The van der Waals surface area contributed by atoms with Crippen molar-refractivity contribution in [2.45, 2.75) is 13.5 Å². The standard InChI is InChI=1S/C14H22N4O3S/c1-11-3-4-12(7-16-11)8-17-5-6-18(22(2,20)21)10-13(9-17)14(15)19/h3-4,7,13H,5-6,8-10H2,1-2H3,(H2,15,19)/t13-/m1/s1. The SMILES string of the molecule is Cc1ccc(CN2CCN(S(C)(=O)=O)C[C@H](C(N)=O)C2)cn1. The molecule has 0 bridgehead atoms. The second kappa shape index (κ2) is 6.72. The van der Waals surface area contributed by atoms with E-state index in [1.54, 1.807) is 6.20 Å². The second-order valence-corrected chi connectivity index (χ2v) is 7.75. The van der Waals surface area contributed by atoms with E-state index >= 15 is 0 Å². The zero-order valence-electron chi connectivity index (χ0n) is 12.9. The van der Waals surface area contributed by atoms with Gasteiger partial charge in [0.25, 0.3) is 0 Å². The van der Waals surface area contributed by atoms with Gasteiger partial charge >= 0.3 is 0 Å². The molecule has 8 heteroatoms. The summed E-state index contributed by atoms with van der Waals surface area (Å²) >= 11 is 0.